The molecule has 1 heterocycles. The van der Waals surface area contributed by atoms with Gasteiger partial charge in [-0.2, -0.15) is 0 Å². The van der Waals surface area contributed by atoms with Crippen LogP contribution in [0, 0.1) is 0 Å². The minimum Gasteiger partial charge on any atom is -0.352 e. The minimum absolute atomic E-state index is 0.692. The summed E-state index contributed by atoms with van der Waals surface area (Å²) in [4.78, 5) is 4.61. The van der Waals surface area contributed by atoms with Gasteiger partial charge in [-0.25, -0.2) is 4.98 Å². The van der Waals surface area contributed by atoms with Gasteiger partial charge < -0.3 is 15.6 Å². The molecule has 0 bridgehead atoms. The Morgan fingerprint density at radius 3 is 2.48 bits per heavy atom. The van der Waals surface area contributed by atoms with Crippen LogP contribution in [0.4, 0.5) is 5.95 Å². The Bertz CT molecular complexity index is 728. The molecule has 0 saturated carbocycles. The molecule has 3 rings (SSSR count). The van der Waals surface area contributed by atoms with Crippen LogP contribution in [0.25, 0.3) is 11.0 Å². The number of nitrogens with zero attached hydrogens (tertiary/aromatic N) is 2. The maximum Gasteiger partial charge on any atom is 0.203 e. The van der Waals surface area contributed by atoms with E-state index in [9.17, 15) is 0 Å². The smallest absolute Gasteiger partial charge is 0.203 e. The Labute approximate surface area is 124 Å². The van der Waals surface area contributed by atoms with Crippen LogP contribution < -0.4 is 11.1 Å². The van der Waals surface area contributed by atoms with E-state index in [1.165, 1.54) is 11.1 Å². The van der Waals surface area contributed by atoms with Crippen LogP contribution >= 0.6 is 0 Å². The summed E-state index contributed by atoms with van der Waals surface area (Å²) >= 11 is 0. The molecule has 21 heavy (non-hydrogen) atoms. The Morgan fingerprint density at radius 1 is 1.05 bits per heavy atom. The largest absolute Gasteiger partial charge is 0.352 e. The molecule has 0 atom stereocenters. The molecular weight excluding hydrogens is 260 g/mol. The van der Waals surface area contributed by atoms with E-state index >= 15 is 0 Å². The number of imidazole rings is 1. The monoisotopic (exact) mass is 280 g/mol. The molecule has 0 unspecified atom stereocenters. The van der Waals surface area contributed by atoms with Crippen molar-refractivity contribution in [2.24, 2.45) is 12.8 Å². The van der Waals surface area contributed by atoms with Gasteiger partial charge in [0.05, 0.1) is 11.0 Å². The molecule has 1 aromatic heterocycles. The van der Waals surface area contributed by atoms with Crippen molar-refractivity contribution in [1.82, 2.24) is 9.55 Å². The zero-order valence-corrected chi connectivity index (χ0v) is 12.2. The van der Waals surface area contributed by atoms with E-state index in [4.69, 9.17) is 5.73 Å². The van der Waals surface area contributed by atoms with Crippen LogP contribution in [0.3, 0.4) is 0 Å². The van der Waals surface area contributed by atoms with Crippen molar-refractivity contribution < 1.29 is 0 Å². The number of nitrogens with two attached hydrogens (primary N) is 1. The average molecular weight is 280 g/mol. The zero-order chi connectivity index (χ0) is 14.7. The maximum absolute atomic E-state index is 5.56. The Morgan fingerprint density at radius 2 is 1.76 bits per heavy atom. The van der Waals surface area contributed by atoms with Crippen molar-refractivity contribution in [2.75, 3.05) is 11.9 Å². The first-order chi connectivity index (χ1) is 10.3. The van der Waals surface area contributed by atoms with Gasteiger partial charge in [-0.1, -0.05) is 36.4 Å². The Balaban J connectivity index is 1.72. The van der Waals surface area contributed by atoms with Gasteiger partial charge in [0, 0.05) is 13.6 Å². The predicted molar refractivity (Wildman–Crippen MR) is 87.2 cm³/mol. The number of fused-ring (bicyclic) bond motifs is 1. The lowest BCUT2D eigenvalue weighted by Gasteiger charge is -2.07. The topological polar surface area (TPSA) is 55.9 Å². The first kappa shape index (κ1) is 13.6. The summed E-state index contributed by atoms with van der Waals surface area (Å²) in [6, 6.07) is 16.7. The van der Waals surface area contributed by atoms with Gasteiger partial charge in [0.25, 0.3) is 0 Å². The van der Waals surface area contributed by atoms with E-state index in [0.29, 0.717) is 6.54 Å². The highest BCUT2D eigenvalue weighted by Crippen LogP contribution is 2.18. The molecule has 4 nitrogen and oxygen atoms in total. The highest BCUT2D eigenvalue weighted by molar-refractivity contribution is 5.78. The van der Waals surface area contributed by atoms with Gasteiger partial charge in [-0.3, -0.25) is 0 Å². The summed E-state index contributed by atoms with van der Waals surface area (Å²) < 4.78 is 2.08. The van der Waals surface area contributed by atoms with Gasteiger partial charge in [0.15, 0.2) is 0 Å². The fraction of sp³-hybridized carbons (Fsp3) is 0.235. The summed E-state index contributed by atoms with van der Waals surface area (Å²) in [5.41, 5.74) is 10.2. The van der Waals surface area contributed by atoms with Crippen LogP contribution in [0.2, 0.25) is 0 Å². The molecule has 0 saturated heterocycles. The second-order valence-electron chi connectivity index (χ2n) is 5.19. The number of para-hydroxylation sites is 2. The fourth-order valence-electron chi connectivity index (χ4n) is 2.48. The lowest BCUT2D eigenvalue weighted by molar-refractivity contribution is 0.926. The summed E-state index contributed by atoms with van der Waals surface area (Å²) in [5, 5.41) is 3.40. The number of nitrogens with one attached hydrogen (secondary N) is 1. The molecule has 0 amide bonds. The van der Waals surface area contributed by atoms with Crippen LogP contribution in [0.5, 0.6) is 0 Å². The molecule has 0 aliphatic carbocycles. The number of aromatic nitrogens is 2. The van der Waals surface area contributed by atoms with E-state index in [1.807, 2.05) is 25.2 Å². The van der Waals surface area contributed by atoms with Crippen molar-refractivity contribution in [2.45, 2.75) is 13.0 Å². The van der Waals surface area contributed by atoms with E-state index in [-0.39, 0.29) is 0 Å². The number of anilines is 1. The van der Waals surface area contributed by atoms with Crippen LogP contribution in [-0.2, 0) is 20.0 Å². The molecule has 3 N–H and O–H groups in total. The fourth-order valence-corrected chi connectivity index (χ4v) is 2.48. The summed E-state index contributed by atoms with van der Waals surface area (Å²) in [7, 11) is 2.03. The van der Waals surface area contributed by atoms with E-state index in [1.54, 1.807) is 0 Å². The molecule has 3 aromatic rings. The van der Waals surface area contributed by atoms with Gasteiger partial charge in [0.1, 0.15) is 0 Å². The van der Waals surface area contributed by atoms with Gasteiger partial charge in [0.2, 0.25) is 5.95 Å². The van der Waals surface area contributed by atoms with Crippen molar-refractivity contribution in [1.29, 1.82) is 0 Å². The maximum atomic E-state index is 5.56. The second kappa shape index (κ2) is 5.97. The van der Waals surface area contributed by atoms with Crippen LogP contribution in [0.15, 0.2) is 48.5 Å². The lowest BCUT2D eigenvalue weighted by Crippen LogP contribution is -2.05. The molecule has 0 aliphatic rings. The van der Waals surface area contributed by atoms with Crippen molar-refractivity contribution in [3.05, 3.63) is 59.7 Å². The Hall–Kier alpha value is -2.33. The standard InChI is InChI=1S/C17H20N4/c1-21-16-5-3-2-4-15(16)20-17(21)19-12-14-8-6-13(7-9-14)10-11-18/h2-9H,10-12,18H2,1H3,(H,19,20). The zero-order valence-electron chi connectivity index (χ0n) is 12.2. The minimum atomic E-state index is 0.692. The number of hydrogen-bond acceptors (Lipinski definition) is 3. The average Bonchev–Trinajstić information content (AvgIpc) is 2.84. The number of aryl methyl sites for hydroxylation is 1. The van der Waals surface area contributed by atoms with E-state index in [0.717, 1.165) is 29.9 Å². The quantitative estimate of drug-likeness (QED) is 0.755. The molecule has 0 radical (unpaired) electrons. The SMILES string of the molecule is Cn1c(NCc2ccc(CCN)cc2)nc2ccccc21. The molecule has 0 spiro atoms. The summed E-state index contributed by atoms with van der Waals surface area (Å²) in [6.07, 6.45) is 0.929. The first-order valence-corrected chi connectivity index (χ1v) is 7.21. The third-order valence-corrected chi connectivity index (χ3v) is 3.69. The lowest BCUT2D eigenvalue weighted by atomic mass is 10.1. The summed E-state index contributed by atoms with van der Waals surface area (Å²) in [5.74, 6) is 0.891. The van der Waals surface area contributed by atoms with Crippen LogP contribution in [0.1, 0.15) is 11.1 Å². The molecule has 4 heteroatoms. The molecule has 2 aromatic carbocycles. The molecular formula is C17H20N4. The summed E-state index contributed by atoms with van der Waals surface area (Å²) in [6.45, 7) is 1.46. The number of rotatable bonds is 5. The first-order valence-electron chi connectivity index (χ1n) is 7.21. The van der Waals surface area contributed by atoms with Crippen molar-refractivity contribution >= 4 is 17.0 Å². The molecule has 0 aliphatic heterocycles. The second-order valence-corrected chi connectivity index (χ2v) is 5.19. The Kier molecular flexibility index (Phi) is 3.88. The van der Waals surface area contributed by atoms with Crippen molar-refractivity contribution in [3.63, 3.8) is 0 Å². The third kappa shape index (κ3) is 2.90. The predicted octanol–water partition coefficient (Wildman–Crippen LogP) is 2.69. The highest BCUT2D eigenvalue weighted by atomic mass is 15.2. The number of hydrogen-bond donors (Lipinski definition) is 2. The number of benzene rings is 2. The molecule has 0 fully saturated rings. The van der Waals surface area contributed by atoms with E-state index < -0.39 is 0 Å². The highest BCUT2D eigenvalue weighted by Gasteiger charge is 2.06. The third-order valence-electron chi connectivity index (χ3n) is 3.69. The van der Waals surface area contributed by atoms with E-state index in [2.05, 4.69) is 45.2 Å². The van der Waals surface area contributed by atoms with Crippen molar-refractivity contribution in [3.8, 4) is 0 Å². The van der Waals surface area contributed by atoms with Gasteiger partial charge >= 0.3 is 0 Å². The van der Waals surface area contributed by atoms with Gasteiger partial charge in [-0.05, 0) is 36.2 Å². The molecule has 108 valence electrons. The van der Waals surface area contributed by atoms with Gasteiger partial charge in [-0.15, -0.1) is 0 Å². The van der Waals surface area contributed by atoms with Crippen LogP contribution in [-0.4, -0.2) is 16.1 Å². The normalized spacial score (nSPS) is 11.0.